The van der Waals surface area contributed by atoms with E-state index >= 15 is 0 Å². The highest BCUT2D eigenvalue weighted by atomic mass is 31.2. The zero-order valence-electron chi connectivity index (χ0n) is 58.9. The molecule has 25 heteroatoms. The number of carbonyl (C=O) groups is 3. The average Bonchev–Trinajstić information content (AvgIpc) is 0.766. The number of phosphoric ester groups is 1. The molecule has 0 amide bonds. The predicted octanol–water partition coefficient (Wildman–Crippen LogP) is 9.90. The SMILES string of the molecule is CCCCCCCC/C=C\CCCCCC(=O)OCC1OC(OC2C(O)C(O)C(O)C(OC3OC(CO)C(O)C(O)C3O)C2OP(=O)(O)OCC(COC(=O)/C=C/C=C/CCCCCCCCCCCCC)OC(=O)CCCCCCCCCCCCCCCC)C(O)C(O)C1O. The van der Waals surface area contributed by atoms with Gasteiger partial charge in [0.15, 0.2) is 18.7 Å². The maximum atomic E-state index is 14.3. The molecule has 24 nitrogen and oxygen atoms in total. The van der Waals surface area contributed by atoms with Crippen LogP contribution in [0, 0.1) is 0 Å². The van der Waals surface area contributed by atoms with Crippen LogP contribution in [0.1, 0.15) is 271 Å². The summed E-state index contributed by atoms with van der Waals surface area (Å²) in [7, 11) is -5.72. The number of aliphatic hydroxyl groups is 10. The second kappa shape index (κ2) is 53.9. The van der Waals surface area contributed by atoms with Crippen molar-refractivity contribution in [1.82, 2.24) is 0 Å². The molecule has 3 fully saturated rings. The highest BCUT2D eigenvalue weighted by Gasteiger charge is 2.58. The molecule has 1 saturated carbocycles. The van der Waals surface area contributed by atoms with Gasteiger partial charge in [0, 0.05) is 18.9 Å². The van der Waals surface area contributed by atoms with E-state index in [2.05, 4.69) is 32.9 Å². The van der Waals surface area contributed by atoms with E-state index in [9.17, 15) is 74.9 Å². The Hall–Kier alpha value is -2.82. The predicted molar refractivity (Wildman–Crippen MR) is 365 cm³/mol. The number of carbonyl (C=O) groups excluding carboxylic acids is 3. The van der Waals surface area contributed by atoms with E-state index in [1.54, 1.807) is 6.08 Å². The first-order valence-electron chi connectivity index (χ1n) is 37.3. The van der Waals surface area contributed by atoms with E-state index in [1.807, 2.05) is 6.08 Å². The lowest BCUT2D eigenvalue weighted by molar-refractivity contribution is -0.360. The highest BCUT2D eigenvalue weighted by Crippen LogP contribution is 2.49. The van der Waals surface area contributed by atoms with Gasteiger partial charge in [-0.3, -0.25) is 18.6 Å². The number of unbranched alkanes of at least 4 members (excludes halogenated alkanes) is 33. The van der Waals surface area contributed by atoms with Crippen molar-refractivity contribution >= 4 is 25.7 Å². The van der Waals surface area contributed by atoms with E-state index in [4.69, 9.17) is 42.2 Å². The van der Waals surface area contributed by atoms with Crippen molar-refractivity contribution in [3.63, 3.8) is 0 Å². The second-order valence-electron chi connectivity index (χ2n) is 26.7. The fourth-order valence-corrected chi connectivity index (χ4v) is 13.1. The van der Waals surface area contributed by atoms with Gasteiger partial charge in [0.05, 0.1) is 13.2 Å². The Morgan fingerprint density at radius 3 is 1.26 bits per heavy atom. The summed E-state index contributed by atoms with van der Waals surface area (Å²) in [6, 6.07) is 0. The molecular formula is C72H129O24P. The van der Waals surface area contributed by atoms with Crippen molar-refractivity contribution in [3.8, 4) is 0 Å². The molecule has 0 bridgehead atoms. The van der Waals surface area contributed by atoms with Crippen LogP contribution in [-0.2, 0) is 61.2 Å². The quantitative estimate of drug-likeness (QED) is 0.00513. The van der Waals surface area contributed by atoms with Crippen molar-refractivity contribution in [3.05, 3.63) is 36.5 Å². The zero-order valence-corrected chi connectivity index (χ0v) is 59.8. The van der Waals surface area contributed by atoms with Gasteiger partial charge in [-0.15, -0.1) is 0 Å². The molecule has 2 heterocycles. The molecule has 2 saturated heterocycles. The molecule has 0 spiro atoms. The zero-order chi connectivity index (χ0) is 71.1. The number of ether oxygens (including phenoxy) is 7. The Bertz CT molecular complexity index is 2150. The average molecular weight is 1410 g/mol. The molecule has 3 aliphatic rings. The summed E-state index contributed by atoms with van der Waals surface area (Å²) in [6.45, 7) is 3.30. The topological polar surface area (TPSA) is 374 Å². The smallest absolute Gasteiger partial charge is 0.463 e. The molecule has 2 aliphatic heterocycles. The number of esters is 3. The van der Waals surface area contributed by atoms with Crippen molar-refractivity contribution in [1.29, 1.82) is 0 Å². The monoisotopic (exact) mass is 1410 g/mol. The van der Waals surface area contributed by atoms with Crippen LogP contribution in [0.5, 0.6) is 0 Å². The lowest BCUT2D eigenvalue weighted by Crippen LogP contribution is -2.69. The van der Waals surface area contributed by atoms with Gasteiger partial charge in [-0.2, -0.15) is 0 Å². The van der Waals surface area contributed by atoms with E-state index in [0.717, 1.165) is 96.0 Å². The second-order valence-corrected chi connectivity index (χ2v) is 28.1. The minimum atomic E-state index is -5.72. The normalized spacial score (nSPS) is 28.0. The van der Waals surface area contributed by atoms with Crippen LogP contribution in [0.3, 0.4) is 0 Å². The van der Waals surface area contributed by atoms with Gasteiger partial charge in [-0.25, -0.2) is 9.36 Å². The summed E-state index contributed by atoms with van der Waals surface area (Å²) < 4.78 is 64.7. The maximum Gasteiger partial charge on any atom is 0.472 e. The standard InChI is InChI=1S/C72H129O24P/c1-4-7-10-13-16-19-22-25-27-30-32-34-37-40-43-46-56(74)88-50-53(91-58(76)48-45-42-39-36-33-29-26-23-20-17-14-11-8-5-2)51-90-97(86,87)96-70-68(94-71-66(84)61(79)59(77)54(49-73)92-71)64(82)63(81)65(83)69(70)95-72-67(85)62(80)60(78)55(93-72)52-89-57(75)47-44-41-38-35-31-28-24-21-18-15-12-9-6-3/h28,31,37,40,43,46,53-55,59-73,77-85H,4-27,29-30,32-36,38-39,41-42,44-45,47-52H2,1-3H3,(H,86,87)/b31-28-,40-37+,46-43+. The van der Waals surface area contributed by atoms with E-state index in [-0.39, 0.29) is 12.8 Å². The van der Waals surface area contributed by atoms with Crippen LogP contribution < -0.4 is 0 Å². The van der Waals surface area contributed by atoms with Crippen molar-refractivity contribution in [2.45, 2.75) is 375 Å². The number of rotatable bonds is 57. The van der Waals surface area contributed by atoms with Gasteiger partial charge in [0.1, 0.15) is 98.7 Å². The number of hydrogen-bond donors (Lipinski definition) is 11. The van der Waals surface area contributed by atoms with Crippen LogP contribution >= 0.6 is 7.82 Å². The first-order chi connectivity index (χ1) is 46.8. The van der Waals surface area contributed by atoms with Crippen molar-refractivity contribution in [2.75, 3.05) is 26.4 Å². The third-order valence-electron chi connectivity index (χ3n) is 18.2. The molecule has 0 aromatic carbocycles. The largest absolute Gasteiger partial charge is 0.472 e. The number of allylic oxidation sites excluding steroid dienone is 5. The minimum Gasteiger partial charge on any atom is -0.463 e. The van der Waals surface area contributed by atoms with Gasteiger partial charge in [0.25, 0.3) is 0 Å². The summed E-state index contributed by atoms with van der Waals surface area (Å²) in [5.74, 6) is -2.26. The van der Waals surface area contributed by atoms with Gasteiger partial charge < -0.3 is 89.1 Å². The molecule has 0 aromatic heterocycles. The third-order valence-corrected chi connectivity index (χ3v) is 19.2. The lowest BCUT2D eigenvalue weighted by Gasteiger charge is -2.49. The van der Waals surface area contributed by atoms with Crippen LogP contribution in [0.4, 0.5) is 0 Å². The molecule has 566 valence electrons. The fraction of sp³-hybridized carbons (Fsp3) is 0.875. The summed E-state index contributed by atoms with van der Waals surface area (Å²) >= 11 is 0. The van der Waals surface area contributed by atoms with E-state index < -0.39 is 156 Å². The minimum absolute atomic E-state index is 0.00459. The highest BCUT2D eigenvalue weighted by molar-refractivity contribution is 7.47. The van der Waals surface area contributed by atoms with Crippen LogP contribution in [0.25, 0.3) is 0 Å². The molecule has 18 unspecified atom stereocenters. The molecule has 3 rings (SSSR count). The first-order valence-corrected chi connectivity index (χ1v) is 38.8. The Morgan fingerprint density at radius 1 is 0.423 bits per heavy atom. The van der Waals surface area contributed by atoms with Crippen LogP contribution in [0.2, 0.25) is 0 Å². The summed E-state index contributed by atoms with van der Waals surface area (Å²) in [5, 5.41) is 110. The number of aliphatic hydroxyl groups excluding tert-OH is 10. The molecular weight excluding hydrogens is 1280 g/mol. The van der Waals surface area contributed by atoms with Gasteiger partial charge in [0.2, 0.25) is 0 Å². The maximum absolute atomic E-state index is 14.3. The molecule has 18 atom stereocenters. The van der Waals surface area contributed by atoms with Crippen molar-refractivity contribution < 1.29 is 117 Å². The van der Waals surface area contributed by atoms with Crippen molar-refractivity contribution in [2.24, 2.45) is 0 Å². The third kappa shape index (κ3) is 37.3. The molecule has 0 radical (unpaired) electrons. The van der Waals surface area contributed by atoms with Gasteiger partial charge in [-0.05, 0) is 51.4 Å². The van der Waals surface area contributed by atoms with E-state index in [1.165, 1.54) is 141 Å². The Balaban J connectivity index is 1.76. The molecule has 0 aromatic rings. The lowest BCUT2D eigenvalue weighted by atomic mass is 9.84. The Morgan fingerprint density at radius 2 is 0.804 bits per heavy atom. The Kier molecular flexibility index (Phi) is 49.1. The van der Waals surface area contributed by atoms with Crippen LogP contribution in [-0.4, -0.2) is 204 Å². The fourth-order valence-electron chi connectivity index (χ4n) is 12.1. The molecule has 1 aliphatic carbocycles. The summed E-state index contributed by atoms with van der Waals surface area (Å²) in [5.41, 5.74) is 0. The number of hydrogen-bond acceptors (Lipinski definition) is 23. The molecule has 11 N–H and O–H groups in total. The summed E-state index contributed by atoms with van der Waals surface area (Å²) in [4.78, 5) is 50.8. The Labute approximate surface area is 578 Å². The van der Waals surface area contributed by atoms with E-state index in [0.29, 0.717) is 12.8 Å². The van der Waals surface area contributed by atoms with Gasteiger partial charge in [-0.1, -0.05) is 237 Å². The van der Waals surface area contributed by atoms with Crippen LogP contribution in [0.15, 0.2) is 36.5 Å². The van der Waals surface area contributed by atoms with Gasteiger partial charge >= 0.3 is 25.7 Å². The first kappa shape index (κ1) is 88.4. The molecule has 97 heavy (non-hydrogen) atoms. The summed E-state index contributed by atoms with van der Waals surface area (Å²) in [6.07, 6.45) is 15.7. The number of phosphoric acid groups is 1.